The van der Waals surface area contributed by atoms with Crippen LogP contribution >= 0.6 is 12.2 Å². The van der Waals surface area contributed by atoms with E-state index in [2.05, 4.69) is 10.6 Å². The van der Waals surface area contributed by atoms with E-state index in [-0.39, 0.29) is 11.0 Å². The number of carbonyl (C=O) groups excluding carboxylic acids is 1. The normalized spacial score (nSPS) is 10.5. The standard InChI is InChI=1S/C21H24N2O4S/c1-3-26-14-15-27-18-11-9-17(10-12-18)22-21(28)23-20(24)13-8-16-6-4-5-7-19(16)25-2/h4-13H,3,14-15H2,1-2H3,(H2,22,23,24,28)/b13-8+. The molecule has 0 heterocycles. The van der Waals surface area contributed by atoms with Crippen molar-refractivity contribution in [3.63, 3.8) is 0 Å². The van der Waals surface area contributed by atoms with E-state index in [0.717, 1.165) is 17.0 Å². The van der Waals surface area contributed by atoms with Gasteiger partial charge >= 0.3 is 0 Å². The average molecular weight is 401 g/mol. The summed E-state index contributed by atoms with van der Waals surface area (Å²) >= 11 is 5.17. The molecule has 148 valence electrons. The minimum absolute atomic E-state index is 0.208. The van der Waals surface area contributed by atoms with Gasteiger partial charge in [-0.3, -0.25) is 10.1 Å². The molecule has 0 aromatic heterocycles. The number of ether oxygens (including phenoxy) is 3. The number of thiocarbonyl (C=S) groups is 1. The van der Waals surface area contributed by atoms with Gasteiger partial charge in [0.1, 0.15) is 18.1 Å². The maximum atomic E-state index is 12.0. The number of amides is 1. The minimum Gasteiger partial charge on any atom is -0.496 e. The van der Waals surface area contributed by atoms with E-state index in [0.29, 0.717) is 25.6 Å². The molecule has 2 aromatic carbocycles. The molecule has 7 heteroatoms. The van der Waals surface area contributed by atoms with Gasteiger partial charge in [-0.15, -0.1) is 0 Å². The Morgan fingerprint density at radius 3 is 2.57 bits per heavy atom. The Bertz CT molecular complexity index is 806. The molecular formula is C21H24N2O4S. The number of nitrogens with one attached hydrogen (secondary N) is 2. The Labute approximate surface area is 170 Å². The van der Waals surface area contributed by atoms with Crippen molar-refractivity contribution in [3.8, 4) is 11.5 Å². The lowest BCUT2D eigenvalue weighted by Gasteiger charge is -2.10. The number of carbonyl (C=O) groups is 1. The number of benzene rings is 2. The predicted molar refractivity (Wildman–Crippen MR) is 115 cm³/mol. The smallest absolute Gasteiger partial charge is 0.250 e. The first kappa shape index (κ1) is 21.4. The molecule has 0 aliphatic heterocycles. The van der Waals surface area contributed by atoms with Crippen LogP contribution in [0.3, 0.4) is 0 Å². The van der Waals surface area contributed by atoms with Crippen LogP contribution < -0.4 is 20.1 Å². The van der Waals surface area contributed by atoms with Crippen molar-refractivity contribution in [2.75, 3.05) is 32.2 Å². The van der Waals surface area contributed by atoms with Crippen LogP contribution in [0.25, 0.3) is 6.08 Å². The van der Waals surface area contributed by atoms with Crippen molar-refractivity contribution in [3.05, 3.63) is 60.2 Å². The van der Waals surface area contributed by atoms with Gasteiger partial charge < -0.3 is 19.5 Å². The molecule has 2 N–H and O–H groups in total. The Hall–Kier alpha value is -2.90. The molecule has 0 radical (unpaired) electrons. The quantitative estimate of drug-likeness (QED) is 0.381. The van der Waals surface area contributed by atoms with E-state index in [1.807, 2.05) is 55.5 Å². The molecule has 0 saturated carbocycles. The monoisotopic (exact) mass is 400 g/mol. The number of hydrogen-bond acceptors (Lipinski definition) is 5. The van der Waals surface area contributed by atoms with Crippen molar-refractivity contribution in [1.29, 1.82) is 0 Å². The summed E-state index contributed by atoms with van der Waals surface area (Å²) in [5, 5.41) is 5.77. The van der Waals surface area contributed by atoms with Gasteiger partial charge in [-0.1, -0.05) is 18.2 Å². The zero-order valence-corrected chi connectivity index (χ0v) is 16.8. The fraction of sp³-hybridized carbons (Fsp3) is 0.238. The molecular weight excluding hydrogens is 376 g/mol. The van der Waals surface area contributed by atoms with Gasteiger partial charge in [0, 0.05) is 23.9 Å². The Morgan fingerprint density at radius 1 is 1.11 bits per heavy atom. The number of anilines is 1. The first-order valence-corrected chi connectivity index (χ1v) is 9.27. The van der Waals surface area contributed by atoms with Crippen LogP contribution in [0.1, 0.15) is 12.5 Å². The van der Waals surface area contributed by atoms with Gasteiger partial charge in [-0.2, -0.15) is 0 Å². The molecule has 6 nitrogen and oxygen atoms in total. The second kappa shape index (κ2) is 11.7. The summed E-state index contributed by atoms with van der Waals surface area (Å²) in [4.78, 5) is 12.0. The molecule has 2 aromatic rings. The van der Waals surface area contributed by atoms with Crippen molar-refractivity contribution >= 4 is 35.0 Å². The summed E-state index contributed by atoms with van der Waals surface area (Å²) in [7, 11) is 1.58. The Morgan fingerprint density at radius 2 is 1.86 bits per heavy atom. The second-order valence-corrected chi connectivity index (χ2v) is 6.00. The topological polar surface area (TPSA) is 68.8 Å². The zero-order valence-electron chi connectivity index (χ0n) is 15.9. The Kier molecular flexibility index (Phi) is 8.97. The summed E-state index contributed by atoms with van der Waals surface area (Å²) in [6.45, 7) is 3.66. The van der Waals surface area contributed by atoms with Gasteiger partial charge in [-0.05, 0) is 55.5 Å². The van der Waals surface area contributed by atoms with E-state index >= 15 is 0 Å². The fourth-order valence-corrected chi connectivity index (χ4v) is 2.50. The molecule has 0 bridgehead atoms. The van der Waals surface area contributed by atoms with E-state index in [1.165, 1.54) is 6.08 Å². The highest BCUT2D eigenvalue weighted by Crippen LogP contribution is 2.18. The predicted octanol–water partition coefficient (Wildman–Crippen LogP) is 3.64. The third-order valence-electron chi connectivity index (χ3n) is 3.60. The van der Waals surface area contributed by atoms with Gasteiger partial charge in [0.2, 0.25) is 5.91 Å². The second-order valence-electron chi connectivity index (χ2n) is 5.59. The van der Waals surface area contributed by atoms with Crippen molar-refractivity contribution in [2.45, 2.75) is 6.92 Å². The van der Waals surface area contributed by atoms with Crippen LogP contribution in [0, 0.1) is 0 Å². The van der Waals surface area contributed by atoms with Crippen LogP contribution in [0.5, 0.6) is 11.5 Å². The molecule has 0 spiro atoms. The molecule has 0 fully saturated rings. The minimum atomic E-state index is -0.334. The van der Waals surface area contributed by atoms with Crippen LogP contribution in [0.15, 0.2) is 54.6 Å². The summed E-state index contributed by atoms with van der Waals surface area (Å²) in [5.74, 6) is 1.09. The first-order valence-electron chi connectivity index (χ1n) is 8.86. The number of methoxy groups -OCH3 is 1. The molecule has 0 unspecified atom stereocenters. The molecule has 0 aliphatic rings. The van der Waals surface area contributed by atoms with Crippen LogP contribution in [0.2, 0.25) is 0 Å². The van der Waals surface area contributed by atoms with Crippen molar-refractivity contribution < 1.29 is 19.0 Å². The lowest BCUT2D eigenvalue weighted by atomic mass is 10.2. The average Bonchev–Trinajstić information content (AvgIpc) is 2.71. The zero-order chi connectivity index (χ0) is 20.2. The molecule has 0 atom stereocenters. The van der Waals surface area contributed by atoms with Gasteiger partial charge in [0.05, 0.1) is 13.7 Å². The highest BCUT2D eigenvalue weighted by molar-refractivity contribution is 7.80. The number of rotatable bonds is 9. The van der Waals surface area contributed by atoms with E-state index < -0.39 is 0 Å². The van der Waals surface area contributed by atoms with Gasteiger partial charge in [-0.25, -0.2) is 0 Å². The van der Waals surface area contributed by atoms with Crippen LogP contribution in [0.4, 0.5) is 5.69 Å². The number of hydrogen-bond donors (Lipinski definition) is 2. The molecule has 2 rings (SSSR count). The lowest BCUT2D eigenvalue weighted by molar-refractivity contribution is -0.115. The molecule has 1 amide bonds. The largest absolute Gasteiger partial charge is 0.496 e. The van der Waals surface area contributed by atoms with E-state index in [4.69, 9.17) is 26.4 Å². The molecule has 0 aliphatic carbocycles. The van der Waals surface area contributed by atoms with Crippen LogP contribution in [-0.4, -0.2) is 38.0 Å². The lowest BCUT2D eigenvalue weighted by Crippen LogP contribution is -2.32. The Balaban J connectivity index is 1.81. The maximum Gasteiger partial charge on any atom is 0.250 e. The van der Waals surface area contributed by atoms with E-state index in [9.17, 15) is 4.79 Å². The highest BCUT2D eigenvalue weighted by atomic mass is 32.1. The maximum absolute atomic E-state index is 12.0. The molecule has 28 heavy (non-hydrogen) atoms. The van der Waals surface area contributed by atoms with Crippen molar-refractivity contribution in [2.24, 2.45) is 0 Å². The first-order chi connectivity index (χ1) is 13.6. The SMILES string of the molecule is CCOCCOc1ccc(NC(=S)NC(=O)/C=C/c2ccccc2OC)cc1. The van der Waals surface area contributed by atoms with Gasteiger partial charge in [0.25, 0.3) is 0 Å². The van der Waals surface area contributed by atoms with E-state index in [1.54, 1.807) is 13.2 Å². The van der Waals surface area contributed by atoms with Crippen molar-refractivity contribution in [1.82, 2.24) is 5.32 Å². The summed E-state index contributed by atoms with van der Waals surface area (Å²) in [6, 6.07) is 14.7. The highest BCUT2D eigenvalue weighted by Gasteiger charge is 2.03. The summed E-state index contributed by atoms with van der Waals surface area (Å²) in [5.41, 5.74) is 1.55. The third kappa shape index (κ3) is 7.38. The molecule has 0 saturated heterocycles. The van der Waals surface area contributed by atoms with Crippen LogP contribution in [-0.2, 0) is 9.53 Å². The van der Waals surface area contributed by atoms with Gasteiger partial charge in [0.15, 0.2) is 5.11 Å². The summed E-state index contributed by atoms with van der Waals surface area (Å²) in [6.07, 6.45) is 3.08. The fourth-order valence-electron chi connectivity index (χ4n) is 2.28. The summed E-state index contributed by atoms with van der Waals surface area (Å²) < 4.78 is 16.0. The third-order valence-corrected chi connectivity index (χ3v) is 3.81. The number of para-hydroxylation sites is 1.